The summed E-state index contributed by atoms with van der Waals surface area (Å²) in [6, 6.07) is 25.0. The van der Waals surface area contributed by atoms with Crippen molar-refractivity contribution in [2.24, 2.45) is 0 Å². The molecule has 0 spiro atoms. The number of carbonyl (C=O) groups is 1. The van der Waals surface area contributed by atoms with Gasteiger partial charge in [0.2, 0.25) is 6.54 Å². The summed E-state index contributed by atoms with van der Waals surface area (Å²) in [5.74, 6) is -0.955. The third kappa shape index (κ3) is 3.65. The Balaban J connectivity index is 1.81. The average molecular weight is 485 g/mol. The molecule has 1 aliphatic rings. The van der Waals surface area contributed by atoms with Crippen LogP contribution in [0.25, 0.3) is 0 Å². The molecule has 1 aliphatic heterocycles. The first kappa shape index (κ1) is 23.1. The summed E-state index contributed by atoms with van der Waals surface area (Å²) in [7, 11) is 1.48. The third-order valence-electron chi connectivity index (χ3n) is 6.70. The molecule has 9 heteroatoms. The topological polar surface area (TPSA) is 110 Å². The molecule has 4 aromatic rings. The zero-order valence-corrected chi connectivity index (χ0v) is 19.5. The van der Waals surface area contributed by atoms with Gasteiger partial charge in [0.1, 0.15) is 5.75 Å². The smallest absolute Gasteiger partial charge is 0.264 e. The fraction of sp³-hybridized carbons (Fsp3) is 0.185. The van der Waals surface area contributed by atoms with E-state index in [-0.39, 0.29) is 12.5 Å². The lowest BCUT2D eigenvalue weighted by molar-refractivity contribution is -0.485. The van der Waals surface area contributed by atoms with Gasteiger partial charge in [0.25, 0.3) is 11.5 Å². The van der Waals surface area contributed by atoms with E-state index in [2.05, 4.69) is 5.10 Å². The predicted octanol–water partition coefficient (Wildman–Crippen LogP) is 3.54. The van der Waals surface area contributed by atoms with Gasteiger partial charge in [0, 0.05) is 28.3 Å². The van der Waals surface area contributed by atoms with Crippen molar-refractivity contribution in [1.82, 2.24) is 9.78 Å². The van der Waals surface area contributed by atoms with E-state index in [4.69, 9.17) is 4.74 Å². The molecule has 0 unspecified atom stereocenters. The second-order valence-electron chi connectivity index (χ2n) is 8.63. The summed E-state index contributed by atoms with van der Waals surface area (Å²) < 4.78 is 6.99. The third-order valence-corrected chi connectivity index (χ3v) is 6.70. The van der Waals surface area contributed by atoms with Crippen LogP contribution in [0, 0.1) is 10.1 Å². The standard InChI is InChI=1S/C27H24N4O5/c1-36-24-14-8-5-11-20(24)22(18-31(34)35)27(30-16-15-25(32)28-30)21-12-6-7-13-23(21)29(26(27)33)17-19-9-3-2-4-10-19/h2-16,22H,17-18H2,1H3,(H,28,32)/t22-,27-/m1/s1. The van der Waals surface area contributed by atoms with Gasteiger partial charge >= 0.3 is 0 Å². The average Bonchev–Trinajstić information content (AvgIpc) is 3.43. The maximum Gasteiger partial charge on any atom is 0.264 e. The quantitative estimate of drug-likeness (QED) is 0.304. The number of nitrogens with zero attached hydrogens (tertiary/aromatic N) is 3. The number of fused-ring (bicyclic) bond motifs is 1. The molecule has 2 atom stereocenters. The summed E-state index contributed by atoms with van der Waals surface area (Å²) in [4.78, 5) is 40.2. The van der Waals surface area contributed by atoms with Gasteiger partial charge < -0.3 is 9.64 Å². The highest BCUT2D eigenvalue weighted by atomic mass is 16.6. The highest BCUT2D eigenvalue weighted by Crippen LogP contribution is 2.52. The summed E-state index contributed by atoms with van der Waals surface area (Å²) in [5, 5.41) is 14.8. The van der Waals surface area contributed by atoms with Gasteiger partial charge in [-0.3, -0.25) is 29.5 Å². The van der Waals surface area contributed by atoms with Crippen molar-refractivity contribution in [3.8, 4) is 5.75 Å². The number of anilines is 1. The highest BCUT2D eigenvalue weighted by molar-refractivity contribution is 6.08. The first-order valence-corrected chi connectivity index (χ1v) is 11.4. The van der Waals surface area contributed by atoms with E-state index in [9.17, 15) is 19.7 Å². The highest BCUT2D eigenvalue weighted by Gasteiger charge is 2.60. The molecule has 0 saturated heterocycles. The van der Waals surface area contributed by atoms with E-state index in [1.165, 1.54) is 24.1 Å². The Morgan fingerprint density at radius 3 is 2.36 bits per heavy atom. The Hall–Kier alpha value is -4.66. The lowest BCUT2D eigenvalue weighted by Crippen LogP contribution is -2.52. The molecule has 0 fully saturated rings. The summed E-state index contributed by atoms with van der Waals surface area (Å²) in [5.41, 5.74) is 0.549. The van der Waals surface area contributed by atoms with E-state index in [0.717, 1.165) is 5.56 Å². The van der Waals surface area contributed by atoms with Crippen LogP contribution in [-0.4, -0.2) is 34.3 Å². The number of H-pyrrole nitrogens is 1. The zero-order valence-electron chi connectivity index (χ0n) is 19.5. The molecule has 0 radical (unpaired) electrons. The molecule has 9 nitrogen and oxygen atoms in total. The van der Waals surface area contributed by atoms with Crippen LogP contribution in [0.3, 0.4) is 0 Å². The Labute approximate surface area is 206 Å². The number of amides is 1. The van der Waals surface area contributed by atoms with Crippen molar-refractivity contribution < 1.29 is 14.5 Å². The van der Waals surface area contributed by atoms with E-state index in [1.54, 1.807) is 41.3 Å². The number of ether oxygens (including phenoxy) is 1. The Morgan fingerprint density at radius 1 is 0.972 bits per heavy atom. The number of hydrogen-bond acceptors (Lipinski definition) is 5. The molecule has 3 aromatic carbocycles. The van der Waals surface area contributed by atoms with Crippen LogP contribution < -0.4 is 15.2 Å². The number of aromatic amines is 1. The number of benzene rings is 3. The van der Waals surface area contributed by atoms with E-state index in [1.807, 2.05) is 42.5 Å². The maximum absolute atomic E-state index is 14.6. The molecule has 2 heterocycles. The normalized spacial score (nSPS) is 17.6. The zero-order chi connectivity index (χ0) is 25.3. The largest absolute Gasteiger partial charge is 0.496 e. The summed E-state index contributed by atoms with van der Waals surface area (Å²) >= 11 is 0. The molecule has 0 saturated carbocycles. The van der Waals surface area contributed by atoms with Gasteiger partial charge in [-0.1, -0.05) is 66.7 Å². The van der Waals surface area contributed by atoms with E-state index >= 15 is 0 Å². The number of para-hydroxylation sites is 2. The van der Waals surface area contributed by atoms with Crippen LogP contribution >= 0.6 is 0 Å². The van der Waals surface area contributed by atoms with Crippen LogP contribution in [-0.2, 0) is 16.9 Å². The first-order valence-electron chi connectivity index (χ1n) is 11.4. The number of nitro groups is 1. The van der Waals surface area contributed by atoms with Crippen LogP contribution in [0.5, 0.6) is 5.75 Å². The number of nitrogens with one attached hydrogen (secondary N) is 1. The number of methoxy groups -OCH3 is 1. The number of aromatic nitrogens is 2. The lowest BCUT2D eigenvalue weighted by atomic mass is 9.74. The summed E-state index contributed by atoms with van der Waals surface area (Å²) in [6.45, 7) is -0.305. The minimum atomic E-state index is -1.63. The van der Waals surface area contributed by atoms with Gasteiger partial charge in [-0.05, 0) is 17.7 Å². The fourth-order valence-electron chi connectivity index (χ4n) is 5.22. The maximum atomic E-state index is 14.6. The minimum Gasteiger partial charge on any atom is -0.496 e. The molecular weight excluding hydrogens is 460 g/mol. The van der Waals surface area contributed by atoms with Crippen LogP contribution in [0.4, 0.5) is 5.69 Å². The molecular formula is C27H24N4O5. The molecule has 36 heavy (non-hydrogen) atoms. The molecule has 0 aliphatic carbocycles. The van der Waals surface area contributed by atoms with Gasteiger partial charge in [0.05, 0.1) is 25.3 Å². The van der Waals surface area contributed by atoms with Crippen molar-refractivity contribution >= 4 is 11.6 Å². The van der Waals surface area contributed by atoms with Crippen molar-refractivity contribution in [1.29, 1.82) is 0 Å². The van der Waals surface area contributed by atoms with Crippen LogP contribution in [0.15, 0.2) is 95.9 Å². The van der Waals surface area contributed by atoms with Crippen molar-refractivity contribution in [3.63, 3.8) is 0 Å². The second kappa shape index (κ2) is 9.18. The molecule has 1 N–H and O–H groups in total. The number of hydrogen-bond donors (Lipinski definition) is 1. The van der Waals surface area contributed by atoms with Gasteiger partial charge in [-0.25, -0.2) is 0 Å². The predicted molar refractivity (Wildman–Crippen MR) is 134 cm³/mol. The molecule has 5 rings (SSSR count). The van der Waals surface area contributed by atoms with Gasteiger partial charge in [-0.15, -0.1) is 0 Å². The Bertz CT molecular complexity index is 1480. The van der Waals surface area contributed by atoms with Gasteiger partial charge in [-0.2, -0.15) is 0 Å². The monoisotopic (exact) mass is 484 g/mol. The van der Waals surface area contributed by atoms with Crippen LogP contribution in [0.1, 0.15) is 22.6 Å². The Morgan fingerprint density at radius 2 is 1.67 bits per heavy atom. The molecule has 1 amide bonds. The van der Waals surface area contributed by atoms with E-state index < -0.39 is 28.5 Å². The molecule has 0 bridgehead atoms. The van der Waals surface area contributed by atoms with Gasteiger partial charge in [0.15, 0.2) is 5.54 Å². The van der Waals surface area contributed by atoms with Crippen LogP contribution in [0.2, 0.25) is 0 Å². The fourth-order valence-corrected chi connectivity index (χ4v) is 5.22. The van der Waals surface area contributed by atoms with Crippen molar-refractivity contribution in [2.45, 2.75) is 18.0 Å². The molecule has 1 aromatic heterocycles. The van der Waals surface area contributed by atoms with Crippen molar-refractivity contribution in [2.75, 3.05) is 18.6 Å². The minimum absolute atomic E-state index is 0.265. The lowest BCUT2D eigenvalue weighted by Gasteiger charge is -2.36. The summed E-state index contributed by atoms with van der Waals surface area (Å²) in [6.07, 6.45) is 1.48. The van der Waals surface area contributed by atoms with E-state index in [0.29, 0.717) is 22.6 Å². The van der Waals surface area contributed by atoms with Crippen molar-refractivity contribution in [3.05, 3.63) is 128 Å². The Kier molecular flexibility index (Phi) is 5.89. The second-order valence-corrected chi connectivity index (χ2v) is 8.63. The number of carbonyl (C=O) groups excluding carboxylic acids is 1. The molecule has 182 valence electrons. The SMILES string of the molecule is COc1ccccc1[C@@H](C[N+](=O)[O-])[C@@]1(n2ccc(=O)[nH]2)C(=O)N(Cc2ccccc2)c2ccccc21. The first-order chi connectivity index (χ1) is 17.5. The number of rotatable bonds is 8.